The van der Waals surface area contributed by atoms with Gasteiger partial charge in [-0.1, -0.05) is 12.1 Å². The van der Waals surface area contributed by atoms with Crippen molar-refractivity contribution < 1.29 is 4.74 Å². The van der Waals surface area contributed by atoms with Crippen LogP contribution < -0.4 is 15.2 Å². The van der Waals surface area contributed by atoms with E-state index in [1.165, 1.54) is 23.5 Å². The second-order valence-electron chi connectivity index (χ2n) is 7.61. The number of nitrogens with one attached hydrogen (secondary N) is 1. The summed E-state index contributed by atoms with van der Waals surface area (Å²) >= 11 is 0. The Morgan fingerprint density at radius 1 is 1.06 bits per heavy atom. The van der Waals surface area contributed by atoms with Crippen molar-refractivity contribution in [3.05, 3.63) is 59.1 Å². The molecule has 0 saturated carbocycles. The summed E-state index contributed by atoms with van der Waals surface area (Å²) in [6.45, 7) is 4.16. The maximum atomic E-state index is 12.7. The molecule has 1 aliphatic rings. The van der Waals surface area contributed by atoms with Crippen LogP contribution in [-0.4, -0.2) is 70.2 Å². The molecule has 0 aliphatic carbocycles. The van der Waals surface area contributed by atoms with Gasteiger partial charge in [-0.15, -0.1) is 0 Å². The van der Waals surface area contributed by atoms with Crippen molar-refractivity contribution in [2.75, 3.05) is 45.2 Å². The summed E-state index contributed by atoms with van der Waals surface area (Å²) in [6, 6.07) is 11.5. The Hall–Kier alpha value is -3.72. The lowest BCUT2D eigenvalue weighted by molar-refractivity contribution is 0.313. The molecule has 9 nitrogen and oxygen atoms in total. The Bertz CT molecular complexity index is 1270. The fourth-order valence-corrected chi connectivity index (χ4v) is 3.86. The molecule has 0 spiro atoms. The van der Waals surface area contributed by atoms with E-state index in [2.05, 4.69) is 49.3 Å². The third kappa shape index (κ3) is 3.53. The van der Waals surface area contributed by atoms with Gasteiger partial charge in [0.05, 0.1) is 18.8 Å². The van der Waals surface area contributed by atoms with Crippen LogP contribution in [-0.2, 0) is 0 Å². The molecule has 1 aliphatic heterocycles. The number of aromatic nitrogens is 5. The lowest BCUT2D eigenvalue weighted by Gasteiger charge is -2.34. The number of aromatic amines is 1. The monoisotopic (exact) mass is 417 g/mol. The quantitative estimate of drug-likeness (QED) is 0.542. The molecule has 5 rings (SSSR count). The van der Waals surface area contributed by atoms with Crippen LogP contribution in [0.3, 0.4) is 0 Å². The van der Waals surface area contributed by atoms with Crippen LogP contribution in [0.15, 0.2) is 53.6 Å². The van der Waals surface area contributed by atoms with Crippen molar-refractivity contribution in [1.29, 1.82) is 0 Å². The normalized spacial score (nSPS) is 14.8. The van der Waals surface area contributed by atoms with Gasteiger partial charge in [0.1, 0.15) is 16.9 Å². The molecule has 1 N–H and O–H groups in total. The first-order chi connectivity index (χ1) is 15.1. The fourth-order valence-electron chi connectivity index (χ4n) is 3.86. The van der Waals surface area contributed by atoms with E-state index in [-0.39, 0.29) is 5.56 Å². The zero-order chi connectivity index (χ0) is 21.4. The van der Waals surface area contributed by atoms with E-state index in [9.17, 15) is 4.79 Å². The highest BCUT2D eigenvalue weighted by Gasteiger charge is 2.17. The predicted molar refractivity (Wildman–Crippen MR) is 119 cm³/mol. The molecule has 0 amide bonds. The van der Waals surface area contributed by atoms with Crippen LogP contribution in [0, 0.1) is 0 Å². The highest BCUT2D eigenvalue weighted by atomic mass is 16.5. The second kappa shape index (κ2) is 7.84. The highest BCUT2D eigenvalue weighted by Crippen LogP contribution is 2.27. The smallest absolute Gasteiger partial charge is 0.273 e. The second-order valence-corrected chi connectivity index (χ2v) is 7.61. The summed E-state index contributed by atoms with van der Waals surface area (Å²) in [4.78, 5) is 21.4. The van der Waals surface area contributed by atoms with Gasteiger partial charge in [-0.2, -0.15) is 14.9 Å². The van der Waals surface area contributed by atoms with Crippen molar-refractivity contribution in [2.45, 2.75) is 0 Å². The third-order valence-corrected chi connectivity index (χ3v) is 5.66. The first kappa shape index (κ1) is 19.3. The van der Waals surface area contributed by atoms with Gasteiger partial charge in [-0.3, -0.25) is 14.9 Å². The number of ether oxygens (including phenoxy) is 1. The molecule has 0 unspecified atom stereocenters. The average Bonchev–Trinajstić information content (AvgIpc) is 3.21. The molecule has 1 saturated heterocycles. The van der Waals surface area contributed by atoms with Gasteiger partial charge in [-0.25, -0.2) is 0 Å². The first-order valence-corrected chi connectivity index (χ1v) is 10.1. The number of H-pyrrole nitrogens is 1. The zero-order valence-corrected chi connectivity index (χ0v) is 17.4. The van der Waals surface area contributed by atoms with Crippen molar-refractivity contribution in [3.8, 4) is 22.7 Å². The van der Waals surface area contributed by atoms with Crippen molar-refractivity contribution >= 4 is 16.7 Å². The van der Waals surface area contributed by atoms with Crippen molar-refractivity contribution in [2.24, 2.45) is 0 Å². The molecule has 3 aromatic heterocycles. The molecule has 1 aromatic carbocycles. The minimum atomic E-state index is -0.280. The predicted octanol–water partition coefficient (Wildman–Crippen LogP) is 1.93. The molecule has 4 aromatic rings. The topological polar surface area (TPSA) is 92.2 Å². The van der Waals surface area contributed by atoms with E-state index >= 15 is 0 Å². The number of anilines is 1. The summed E-state index contributed by atoms with van der Waals surface area (Å²) in [6.07, 6.45) is 3.16. The highest BCUT2D eigenvalue weighted by molar-refractivity contribution is 5.89. The molecular weight excluding hydrogens is 394 g/mol. The van der Waals surface area contributed by atoms with Crippen LogP contribution in [0.5, 0.6) is 5.75 Å². The summed E-state index contributed by atoms with van der Waals surface area (Å²) in [5.41, 5.74) is 4.28. The van der Waals surface area contributed by atoms with Crippen molar-refractivity contribution in [3.63, 3.8) is 0 Å². The Labute approximate surface area is 178 Å². The first-order valence-electron chi connectivity index (χ1n) is 10.1. The molecule has 1 fully saturated rings. The summed E-state index contributed by atoms with van der Waals surface area (Å²) < 4.78 is 6.67. The Kier molecular flexibility index (Phi) is 4.87. The largest absolute Gasteiger partial charge is 0.493 e. The molecule has 0 atom stereocenters. The van der Waals surface area contributed by atoms with Gasteiger partial charge in [-0.05, 0) is 25.2 Å². The lowest BCUT2D eigenvalue weighted by Crippen LogP contribution is -2.44. The van der Waals surface area contributed by atoms with Gasteiger partial charge in [0.2, 0.25) is 0 Å². The van der Waals surface area contributed by atoms with Gasteiger partial charge >= 0.3 is 0 Å². The third-order valence-electron chi connectivity index (χ3n) is 5.66. The van der Waals surface area contributed by atoms with Gasteiger partial charge in [0.15, 0.2) is 5.75 Å². The fraction of sp³-hybridized carbons (Fsp3) is 0.273. The average molecular weight is 417 g/mol. The number of hydrogen-bond donors (Lipinski definition) is 1. The molecule has 9 heteroatoms. The zero-order valence-electron chi connectivity index (χ0n) is 17.4. The number of benzene rings is 1. The van der Waals surface area contributed by atoms with Crippen LogP contribution in [0.2, 0.25) is 0 Å². The molecule has 0 radical (unpaired) electrons. The summed E-state index contributed by atoms with van der Waals surface area (Å²) in [5.74, 6) is 0.470. The Balaban J connectivity index is 1.53. The van der Waals surface area contributed by atoms with Crippen molar-refractivity contribution in [1.82, 2.24) is 29.9 Å². The SMILES string of the molecule is COc1cnccc1-n1nc2c(-c3ccc(N4CCN(C)CC4)cc3)n[nH]c2cc1=O. The van der Waals surface area contributed by atoms with Crippen LogP contribution in [0.1, 0.15) is 0 Å². The Morgan fingerprint density at radius 3 is 2.58 bits per heavy atom. The molecule has 31 heavy (non-hydrogen) atoms. The minimum Gasteiger partial charge on any atom is -0.493 e. The molecular formula is C22H23N7O2. The maximum absolute atomic E-state index is 12.7. The minimum absolute atomic E-state index is 0.280. The van der Waals surface area contributed by atoms with E-state index in [1.54, 1.807) is 18.5 Å². The van der Waals surface area contributed by atoms with Crippen LogP contribution >= 0.6 is 0 Å². The number of fused-ring (bicyclic) bond motifs is 1. The number of piperazine rings is 1. The molecule has 0 bridgehead atoms. The van der Waals surface area contributed by atoms with Gasteiger partial charge < -0.3 is 14.5 Å². The van der Waals surface area contributed by atoms with E-state index in [0.29, 0.717) is 28.2 Å². The number of likely N-dealkylation sites (N-methyl/N-ethyl adjacent to an activating group) is 1. The van der Waals surface area contributed by atoms with Crippen LogP contribution in [0.4, 0.5) is 5.69 Å². The number of rotatable bonds is 4. The standard InChI is InChI=1S/C22H23N7O2/c1-27-9-11-28(12-10-27)16-5-3-15(4-6-16)21-22-17(24-25-21)13-20(30)29(26-22)18-7-8-23-14-19(18)31-2/h3-8,13-14,24H,9-12H2,1-2H3. The maximum Gasteiger partial charge on any atom is 0.273 e. The number of nitrogens with zero attached hydrogens (tertiary/aromatic N) is 6. The number of methoxy groups -OCH3 is 1. The number of hydrogen-bond acceptors (Lipinski definition) is 7. The molecule has 158 valence electrons. The van der Waals surface area contributed by atoms with E-state index in [0.717, 1.165) is 31.7 Å². The van der Waals surface area contributed by atoms with Crippen LogP contribution in [0.25, 0.3) is 28.0 Å². The van der Waals surface area contributed by atoms with E-state index < -0.39 is 0 Å². The van der Waals surface area contributed by atoms with E-state index in [1.807, 2.05) is 12.1 Å². The van der Waals surface area contributed by atoms with Gasteiger partial charge in [0.25, 0.3) is 5.56 Å². The van der Waals surface area contributed by atoms with E-state index in [4.69, 9.17) is 4.74 Å². The summed E-state index contributed by atoms with van der Waals surface area (Å²) in [5, 5.41) is 12.0. The lowest BCUT2D eigenvalue weighted by atomic mass is 10.1. The molecule has 4 heterocycles. The summed E-state index contributed by atoms with van der Waals surface area (Å²) in [7, 11) is 3.69. The number of pyridine rings is 1. The van der Waals surface area contributed by atoms with Gasteiger partial charge in [0, 0.05) is 49.7 Å². The Morgan fingerprint density at radius 2 is 1.84 bits per heavy atom.